The Kier molecular flexibility index (Phi) is 6.41. The number of sulfonamides is 1. The summed E-state index contributed by atoms with van der Waals surface area (Å²) in [6, 6.07) is -1.01. The van der Waals surface area contributed by atoms with Gasteiger partial charge >= 0.3 is 6.03 Å². The maximum atomic E-state index is 15.4. The molecule has 34 heavy (non-hydrogen) atoms. The third-order valence-electron chi connectivity index (χ3n) is 8.17. The van der Waals surface area contributed by atoms with Crippen molar-refractivity contribution in [3.8, 4) is 0 Å². The zero-order valence-corrected chi connectivity index (χ0v) is 20.7. The Bertz CT molecular complexity index is 925. The van der Waals surface area contributed by atoms with Crippen LogP contribution in [-0.4, -0.2) is 105 Å². The molecule has 3 saturated heterocycles. The van der Waals surface area contributed by atoms with Gasteiger partial charge in [0.1, 0.15) is 11.4 Å². The summed E-state index contributed by atoms with van der Waals surface area (Å²) in [4.78, 5) is 30.0. The number of amides is 3. The molecule has 2 saturated carbocycles. The fraction of sp³-hybridized carbons (Fsp3) is 0.909. The number of hydrazine groups is 1. The van der Waals surface area contributed by atoms with E-state index in [2.05, 4.69) is 10.1 Å². The van der Waals surface area contributed by atoms with Crippen LogP contribution in [0.25, 0.3) is 0 Å². The molecule has 0 spiro atoms. The molecule has 0 bridgehead atoms. The van der Waals surface area contributed by atoms with Gasteiger partial charge in [-0.25, -0.2) is 27.3 Å². The molecule has 192 valence electrons. The number of halogens is 1. The fourth-order valence-electron chi connectivity index (χ4n) is 5.90. The number of hydrogen-bond acceptors (Lipinski definition) is 7. The van der Waals surface area contributed by atoms with Crippen molar-refractivity contribution < 1.29 is 27.1 Å². The zero-order valence-electron chi connectivity index (χ0n) is 19.9. The van der Waals surface area contributed by atoms with Gasteiger partial charge in [-0.1, -0.05) is 0 Å². The molecule has 5 fully saturated rings. The first-order valence-corrected chi connectivity index (χ1v) is 13.9. The van der Waals surface area contributed by atoms with Gasteiger partial charge in [-0.15, -0.1) is 0 Å². The molecule has 0 aromatic carbocycles. The number of imide groups is 1. The number of fused-ring (bicyclic) bond motifs is 1. The summed E-state index contributed by atoms with van der Waals surface area (Å²) < 4.78 is 49.7. The average molecular weight is 502 g/mol. The number of hydrogen-bond donors (Lipinski definition) is 2. The van der Waals surface area contributed by atoms with E-state index in [0.29, 0.717) is 32.8 Å². The van der Waals surface area contributed by atoms with Crippen LogP contribution >= 0.6 is 0 Å². The highest BCUT2D eigenvalue weighted by atomic mass is 32.2. The van der Waals surface area contributed by atoms with E-state index in [9.17, 15) is 18.0 Å². The lowest BCUT2D eigenvalue weighted by atomic mass is 9.79. The van der Waals surface area contributed by atoms with Crippen molar-refractivity contribution in [3.05, 3.63) is 0 Å². The van der Waals surface area contributed by atoms with E-state index in [1.807, 2.05) is 19.0 Å². The first-order valence-electron chi connectivity index (χ1n) is 12.4. The van der Waals surface area contributed by atoms with Crippen molar-refractivity contribution in [2.75, 3.05) is 46.4 Å². The lowest BCUT2D eigenvalue weighted by molar-refractivity contribution is -0.142. The summed E-state index contributed by atoms with van der Waals surface area (Å²) in [5, 5.41) is 0.641. The number of carbonyl (C=O) groups excluding carboxylic acids is 2. The van der Waals surface area contributed by atoms with Crippen molar-refractivity contribution in [2.24, 2.45) is 17.8 Å². The lowest BCUT2D eigenvalue weighted by Gasteiger charge is -2.49. The topological polar surface area (TPSA) is 111 Å². The molecule has 3 amide bonds. The average Bonchev–Trinajstić information content (AvgIpc) is 3.14. The van der Waals surface area contributed by atoms with E-state index in [1.54, 1.807) is 4.90 Å². The zero-order chi connectivity index (χ0) is 24.3. The third-order valence-corrected chi connectivity index (χ3v) is 10.2. The van der Waals surface area contributed by atoms with Crippen molar-refractivity contribution in [3.63, 3.8) is 0 Å². The molecule has 10 nitrogen and oxygen atoms in total. The van der Waals surface area contributed by atoms with E-state index < -0.39 is 38.9 Å². The standard InChI is InChI=1S/C22H36FN5O5S/c1-22(4-5-22)25-34(31,32)19-7-16-18(8-17(19)23)27(11-14-3-6-33-13-14)21(30)28(20(16)29)12-15-9-24-26(2)10-15/h14-19,24-25H,3-13H2,1-2H3. The minimum Gasteiger partial charge on any atom is -0.381 e. The van der Waals surface area contributed by atoms with Gasteiger partial charge in [0.2, 0.25) is 15.9 Å². The molecule has 0 aromatic heterocycles. The minimum absolute atomic E-state index is 0.0830. The second-order valence-electron chi connectivity index (χ2n) is 11.1. The molecule has 3 aliphatic heterocycles. The number of ether oxygens (including phenoxy) is 1. The van der Waals surface area contributed by atoms with Gasteiger partial charge in [0.25, 0.3) is 0 Å². The van der Waals surface area contributed by atoms with E-state index in [-0.39, 0.29) is 43.2 Å². The van der Waals surface area contributed by atoms with Gasteiger partial charge in [-0.3, -0.25) is 15.1 Å². The van der Waals surface area contributed by atoms with Crippen LogP contribution in [0, 0.1) is 17.8 Å². The van der Waals surface area contributed by atoms with Crippen LogP contribution in [0.3, 0.4) is 0 Å². The second-order valence-corrected chi connectivity index (χ2v) is 13.0. The van der Waals surface area contributed by atoms with Gasteiger partial charge in [-0.2, -0.15) is 0 Å². The first kappa shape index (κ1) is 24.4. The molecule has 12 heteroatoms. The predicted molar refractivity (Wildman–Crippen MR) is 122 cm³/mol. The molecule has 6 unspecified atom stereocenters. The molecule has 0 radical (unpaired) electrons. The highest BCUT2D eigenvalue weighted by Crippen LogP contribution is 2.41. The van der Waals surface area contributed by atoms with Gasteiger partial charge in [-0.05, 0) is 32.6 Å². The number of carbonyl (C=O) groups is 2. The van der Waals surface area contributed by atoms with E-state index in [0.717, 1.165) is 19.3 Å². The van der Waals surface area contributed by atoms with E-state index >= 15 is 4.39 Å². The molecule has 5 aliphatic rings. The Labute approximate surface area is 200 Å². The number of nitrogens with one attached hydrogen (secondary N) is 2. The predicted octanol–water partition coefficient (Wildman–Crippen LogP) is 0.311. The molecule has 5 rings (SSSR count). The van der Waals surface area contributed by atoms with Crippen molar-refractivity contribution in [1.82, 2.24) is 25.0 Å². The van der Waals surface area contributed by atoms with Crippen LogP contribution in [-0.2, 0) is 19.6 Å². The van der Waals surface area contributed by atoms with Crippen LogP contribution in [0.2, 0.25) is 0 Å². The summed E-state index contributed by atoms with van der Waals surface area (Å²) in [5.74, 6) is -0.879. The third kappa shape index (κ3) is 4.71. The second kappa shape index (κ2) is 8.95. The molecule has 3 heterocycles. The molecular formula is C22H36FN5O5S. The van der Waals surface area contributed by atoms with Gasteiger partial charge in [0.15, 0.2) is 0 Å². The summed E-state index contributed by atoms with van der Waals surface area (Å²) in [6.45, 7) is 4.99. The van der Waals surface area contributed by atoms with Gasteiger partial charge < -0.3 is 9.64 Å². The quantitative estimate of drug-likeness (QED) is 0.517. The Hall–Kier alpha value is -1.34. The van der Waals surface area contributed by atoms with Crippen molar-refractivity contribution >= 4 is 22.0 Å². The monoisotopic (exact) mass is 501 g/mol. The molecule has 2 N–H and O–H groups in total. The van der Waals surface area contributed by atoms with Gasteiger partial charge in [0.05, 0.1) is 12.5 Å². The van der Waals surface area contributed by atoms with Crippen molar-refractivity contribution in [1.29, 1.82) is 0 Å². The summed E-state index contributed by atoms with van der Waals surface area (Å²) in [7, 11) is -2.03. The number of nitrogens with zero attached hydrogens (tertiary/aromatic N) is 3. The number of rotatable bonds is 7. The Morgan fingerprint density at radius 2 is 1.97 bits per heavy atom. The SMILES string of the molecule is CN1CC(CN2C(=O)C3CC(S(=O)(=O)NC4(C)CC4)C(F)CC3N(CC3CCOC3)C2=O)CN1. The van der Waals surface area contributed by atoms with Crippen molar-refractivity contribution in [2.45, 2.75) is 62.0 Å². The largest absolute Gasteiger partial charge is 0.381 e. The van der Waals surface area contributed by atoms with Crippen LogP contribution in [0.15, 0.2) is 0 Å². The van der Waals surface area contributed by atoms with Crippen LogP contribution in [0.1, 0.15) is 39.0 Å². The first-order chi connectivity index (χ1) is 16.1. The van der Waals surface area contributed by atoms with Crippen LogP contribution in [0.5, 0.6) is 0 Å². The Balaban J connectivity index is 1.39. The maximum absolute atomic E-state index is 15.4. The minimum atomic E-state index is -3.94. The smallest absolute Gasteiger partial charge is 0.326 e. The normalized spacial score (nSPS) is 38.4. The highest BCUT2D eigenvalue weighted by molar-refractivity contribution is 7.90. The summed E-state index contributed by atoms with van der Waals surface area (Å²) >= 11 is 0. The summed E-state index contributed by atoms with van der Waals surface area (Å²) in [5.41, 5.74) is 2.68. The van der Waals surface area contributed by atoms with Gasteiger partial charge in [0, 0.05) is 69.7 Å². The van der Waals surface area contributed by atoms with Crippen LogP contribution in [0.4, 0.5) is 9.18 Å². The van der Waals surface area contributed by atoms with E-state index in [4.69, 9.17) is 4.74 Å². The number of alkyl halides is 1. The Morgan fingerprint density at radius 3 is 2.59 bits per heavy atom. The number of urea groups is 1. The lowest BCUT2D eigenvalue weighted by Crippen LogP contribution is -2.67. The fourth-order valence-corrected chi connectivity index (χ4v) is 7.90. The highest BCUT2D eigenvalue weighted by Gasteiger charge is 2.56. The molecule has 6 atom stereocenters. The summed E-state index contributed by atoms with van der Waals surface area (Å²) in [6.07, 6.45) is 0.378. The molecule has 0 aromatic rings. The molecule has 2 aliphatic carbocycles. The molecular weight excluding hydrogens is 465 g/mol. The van der Waals surface area contributed by atoms with E-state index in [1.165, 1.54) is 4.90 Å². The Morgan fingerprint density at radius 1 is 1.21 bits per heavy atom. The van der Waals surface area contributed by atoms with Crippen LogP contribution < -0.4 is 10.1 Å². The maximum Gasteiger partial charge on any atom is 0.326 e.